The van der Waals surface area contributed by atoms with Gasteiger partial charge in [-0.25, -0.2) is 0 Å². The third-order valence-electron chi connectivity index (χ3n) is 4.92. The van der Waals surface area contributed by atoms with Crippen molar-refractivity contribution < 1.29 is 19.1 Å². The summed E-state index contributed by atoms with van der Waals surface area (Å²) in [6, 6.07) is 3.45. The number of carbonyl (C=O) groups is 1. The van der Waals surface area contributed by atoms with Crippen LogP contribution >= 0.6 is 0 Å². The van der Waals surface area contributed by atoms with E-state index in [0.29, 0.717) is 24.4 Å². The van der Waals surface area contributed by atoms with Crippen molar-refractivity contribution in [3.05, 3.63) is 35.8 Å². The molecule has 4 nitrogen and oxygen atoms in total. The van der Waals surface area contributed by atoms with Crippen molar-refractivity contribution in [3.8, 4) is 0 Å². The highest BCUT2D eigenvalue weighted by Gasteiger charge is 2.01. The van der Waals surface area contributed by atoms with Crippen LogP contribution in [0.2, 0.25) is 0 Å². The molecule has 0 amide bonds. The van der Waals surface area contributed by atoms with Crippen molar-refractivity contribution in [1.82, 2.24) is 0 Å². The molecule has 0 bridgehead atoms. The molecule has 0 aliphatic carbocycles. The largest absolute Gasteiger partial charge is 0.456 e. The van der Waals surface area contributed by atoms with Gasteiger partial charge in [0.15, 0.2) is 12.0 Å². The van der Waals surface area contributed by atoms with Gasteiger partial charge in [0.25, 0.3) is 0 Å². The molecule has 4 heteroatoms. The maximum atomic E-state index is 10.5. The number of hydrogen-bond acceptors (Lipinski definition) is 4. The lowest BCUT2D eigenvalue weighted by Gasteiger charge is -2.07. The topological polar surface area (TPSA) is 59.7 Å². The summed E-state index contributed by atoms with van der Waals surface area (Å²) in [5.41, 5.74) is 0. The van der Waals surface area contributed by atoms with E-state index in [1.807, 2.05) is 0 Å². The number of aliphatic hydroxyl groups excluding tert-OH is 1. The second-order valence-corrected chi connectivity index (χ2v) is 7.59. The molecule has 0 saturated carbocycles. The molecular formula is C24H40O4. The number of unbranched alkanes of at least 4 members (excludes halogenated alkanes) is 9. The van der Waals surface area contributed by atoms with Crippen LogP contribution < -0.4 is 0 Å². The van der Waals surface area contributed by atoms with Crippen molar-refractivity contribution in [1.29, 1.82) is 0 Å². The van der Waals surface area contributed by atoms with Gasteiger partial charge in [-0.15, -0.1) is 0 Å². The Labute approximate surface area is 171 Å². The number of aldehydes is 1. The Hall–Kier alpha value is -1.39. The van der Waals surface area contributed by atoms with Crippen LogP contribution in [0.1, 0.15) is 107 Å². The second-order valence-electron chi connectivity index (χ2n) is 7.59. The molecule has 1 aromatic heterocycles. The molecule has 1 rings (SSSR count). The normalized spacial score (nSPS) is 12.6. The molecule has 0 aliphatic rings. The third kappa shape index (κ3) is 13.7. The molecule has 0 unspecified atom stereocenters. The van der Waals surface area contributed by atoms with Gasteiger partial charge in [-0.1, -0.05) is 70.4 Å². The van der Waals surface area contributed by atoms with Crippen LogP contribution in [0.3, 0.4) is 0 Å². The second kappa shape index (κ2) is 17.7. The summed E-state index contributed by atoms with van der Waals surface area (Å²) in [5, 5.41) is 9.91. The van der Waals surface area contributed by atoms with E-state index in [4.69, 9.17) is 9.15 Å². The van der Waals surface area contributed by atoms with Crippen LogP contribution in [0, 0.1) is 0 Å². The summed E-state index contributed by atoms with van der Waals surface area (Å²) in [7, 11) is 0. The molecule has 160 valence electrons. The monoisotopic (exact) mass is 392 g/mol. The predicted octanol–water partition coefficient (Wildman–Crippen LogP) is 6.62. The minimum absolute atomic E-state index is 0.157. The van der Waals surface area contributed by atoms with Crippen LogP contribution in [-0.2, 0) is 11.3 Å². The minimum atomic E-state index is -0.157. The Morgan fingerprint density at radius 1 is 1.00 bits per heavy atom. The van der Waals surface area contributed by atoms with E-state index < -0.39 is 0 Å². The zero-order valence-corrected chi connectivity index (χ0v) is 17.7. The molecule has 1 atom stereocenters. The standard InChI is InChI=1S/C24H40O4/c1-2-3-4-12-15-22(26)16-13-10-8-6-5-7-9-11-14-19-27-21-24-18-17-23(20-25)28-24/h10,13,17-18,20,22,26H,2-9,11-12,14-16,19,21H2,1H3/b13-10-/t22-/m1/s1. The quantitative estimate of drug-likeness (QED) is 0.163. The summed E-state index contributed by atoms with van der Waals surface area (Å²) in [6.07, 6.45) is 20.0. The van der Waals surface area contributed by atoms with Crippen molar-refractivity contribution in [2.75, 3.05) is 6.61 Å². The number of carbonyl (C=O) groups excluding carboxylic acids is 1. The van der Waals surface area contributed by atoms with Crippen molar-refractivity contribution in [2.45, 2.75) is 103 Å². The number of furan rings is 1. The average molecular weight is 393 g/mol. The van der Waals surface area contributed by atoms with Crippen molar-refractivity contribution >= 4 is 6.29 Å². The van der Waals surface area contributed by atoms with Crippen molar-refractivity contribution in [2.24, 2.45) is 0 Å². The molecule has 0 aromatic carbocycles. The van der Waals surface area contributed by atoms with Crippen LogP contribution in [0.25, 0.3) is 0 Å². The fourth-order valence-electron chi connectivity index (χ4n) is 3.18. The smallest absolute Gasteiger partial charge is 0.185 e. The molecule has 0 saturated heterocycles. The van der Waals surface area contributed by atoms with E-state index in [1.54, 1.807) is 12.1 Å². The SMILES string of the molecule is CCCCCC[C@@H](O)C/C=C\CCCCCCCCOCc1ccc(C=O)o1. The first-order valence-corrected chi connectivity index (χ1v) is 11.2. The first-order chi connectivity index (χ1) is 13.8. The fraction of sp³-hybridized carbons (Fsp3) is 0.708. The van der Waals surface area contributed by atoms with Crippen LogP contribution in [-0.4, -0.2) is 24.1 Å². The summed E-state index contributed by atoms with van der Waals surface area (Å²) in [5.74, 6) is 1.06. The lowest BCUT2D eigenvalue weighted by Crippen LogP contribution is -2.04. The van der Waals surface area contributed by atoms with Gasteiger partial charge in [-0.3, -0.25) is 4.79 Å². The first-order valence-electron chi connectivity index (χ1n) is 11.2. The van der Waals surface area contributed by atoms with Gasteiger partial charge in [0, 0.05) is 6.61 Å². The van der Waals surface area contributed by atoms with Gasteiger partial charge < -0.3 is 14.3 Å². The van der Waals surface area contributed by atoms with Crippen LogP contribution in [0.15, 0.2) is 28.7 Å². The molecule has 0 spiro atoms. The number of aliphatic hydroxyl groups is 1. The molecule has 0 aliphatic heterocycles. The Balaban J connectivity index is 1.81. The van der Waals surface area contributed by atoms with Gasteiger partial charge in [0.1, 0.15) is 12.4 Å². The molecule has 1 aromatic rings. The lowest BCUT2D eigenvalue weighted by molar-refractivity contribution is 0.0986. The van der Waals surface area contributed by atoms with Crippen LogP contribution in [0.5, 0.6) is 0 Å². The van der Waals surface area contributed by atoms with Crippen molar-refractivity contribution in [3.63, 3.8) is 0 Å². The van der Waals surface area contributed by atoms with Gasteiger partial charge in [-0.2, -0.15) is 0 Å². The lowest BCUT2D eigenvalue weighted by atomic mass is 10.1. The molecule has 28 heavy (non-hydrogen) atoms. The molecule has 1 heterocycles. The Morgan fingerprint density at radius 3 is 2.50 bits per heavy atom. The molecule has 1 N–H and O–H groups in total. The minimum Gasteiger partial charge on any atom is -0.456 e. The number of hydrogen-bond donors (Lipinski definition) is 1. The van der Waals surface area contributed by atoms with Gasteiger partial charge >= 0.3 is 0 Å². The third-order valence-corrected chi connectivity index (χ3v) is 4.92. The number of rotatable bonds is 19. The maximum Gasteiger partial charge on any atom is 0.185 e. The zero-order valence-electron chi connectivity index (χ0n) is 17.7. The van der Waals surface area contributed by atoms with Gasteiger partial charge in [0.2, 0.25) is 0 Å². The predicted molar refractivity (Wildman–Crippen MR) is 115 cm³/mol. The highest BCUT2D eigenvalue weighted by Crippen LogP contribution is 2.11. The molecule has 0 fully saturated rings. The van der Waals surface area contributed by atoms with Gasteiger partial charge in [0.05, 0.1) is 6.10 Å². The molecular weight excluding hydrogens is 352 g/mol. The Bertz CT molecular complexity index is 506. The fourth-order valence-corrected chi connectivity index (χ4v) is 3.18. The number of ether oxygens (including phenoxy) is 1. The first kappa shape index (κ1) is 24.6. The highest BCUT2D eigenvalue weighted by atomic mass is 16.5. The molecule has 0 radical (unpaired) electrons. The van der Waals surface area contributed by atoms with E-state index in [2.05, 4.69) is 19.1 Å². The Kier molecular flexibility index (Phi) is 15.6. The summed E-state index contributed by atoms with van der Waals surface area (Å²) >= 11 is 0. The zero-order chi connectivity index (χ0) is 20.3. The van der Waals surface area contributed by atoms with Crippen LogP contribution in [0.4, 0.5) is 0 Å². The Morgan fingerprint density at radius 2 is 1.75 bits per heavy atom. The van der Waals surface area contributed by atoms with E-state index in [0.717, 1.165) is 38.7 Å². The highest BCUT2D eigenvalue weighted by molar-refractivity contribution is 5.70. The van der Waals surface area contributed by atoms with E-state index in [9.17, 15) is 9.90 Å². The summed E-state index contributed by atoms with van der Waals surface area (Å²) in [4.78, 5) is 10.5. The van der Waals surface area contributed by atoms with Gasteiger partial charge in [-0.05, 0) is 44.2 Å². The summed E-state index contributed by atoms with van der Waals surface area (Å²) in [6.45, 7) is 3.39. The summed E-state index contributed by atoms with van der Waals surface area (Å²) < 4.78 is 10.8. The number of allylic oxidation sites excluding steroid dienone is 1. The maximum absolute atomic E-state index is 10.5. The van der Waals surface area contributed by atoms with E-state index in [-0.39, 0.29) is 6.10 Å². The van der Waals surface area contributed by atoms with E-state index >= 15 is 0 Å². The average Bonchev–Trinajstić information content (AvgIpc) is 3.17. The van der Waals surface area contributed by atoms with E-state index in [1.165, 1.54) is 51.4 Å².